The zero-order chi connectivity index (χ0) is 24.9. The molecule has 8 heteroatoms. The van der Waals surface area contributed by atoms with Crippen LogP contribution in [-0.4, -0.2) is 16.0 Å². The van der Waals surface area contributed by atoms with Crippen LogP contribution in [0.5, 0.6) is 5.75 Å². The number of carbonyl (C=O) groups is 1. The Labute approximate surface area is 189 Å². The number of alkyl halides is 3. The molecule has 2 aromatic carbocycles. The molecular weight excluding hydrogens is 433 g/mol. The fourth-order valence-corrected chi connectivity index (χ4v) is 3.76. The Morgan fingerprint density at radius 3 is 2.09 bits per heavy atom. The first-order valence-corrected chi connectivity index (χ1v) is 10.4. The highest BCUT2D eigenvalue weighted by molar-refractivity contribution is 6.06. The van der Waals surface area contributed by atoms with Crippen molar-refractivity contribution in [2.24, 2.45) is 0 Å². The van der Waals surface area contributed by atoms with E-state index in [0.29, 0.717) is 11.3 Å². The van der Waals surface area contributed by atoms with Crippen LogP contribution >= 0.6 is 0 Å². The minimum atomic E-state index is -4.65. The molecule has 1 heterocycles. The number of rotatable bonds is 2. The molecule has 0 aliphatic carbocycles. The van der Waals surface area contributed by atoms with E-state index >= 15 is 0 Å². The number of carbonyl (C=O) groups excluding carboxylic acids is 1. The number of phenols is 1. The van der Waals surface area contributed by atoms with E-state index in [-0.39, 0.29) is 27.6 Å². The molecule has 5 nitrogen and oxygen atoms in total. The molecule has 0 saturated carbocycles. The summed E-state index contributed by atoms with van der Waals surface area (Å²) in [6, 6.07) is 6.50. The van der Waals surface area contributed by atoms with Gasteiger partial charge >= 0.3 is 6.18 Å². The molecule has 1 aromatic heterocycles. The average Bonchev–Trinajstić information content (AvgIpc) is 2.65. The van der Waals surface area contributed by atoms with Crippen molar-refractivity contribution in [2.45, 2.75) is 58.5 Å². The van der Waals surface area contributed by atoms with Gasteiger partial charge in [0.25, 0.3) is 5.91 Å². The lowest BCUT2D eigenvalue weighted by atomic mass is 9.79. The molecule has 0 radical (unpaired) electrons. The first kappa shape index (κ1) is 24.4. The van der Waals surface area contributed by atoms with Crippen LogP contribution in [0.1, 0.15) is 68.6 Å². The van der Waals surface area contributed by atoms with Crippen molar-refractivity contribution in [1.82, 2.24) is 4.98 Å². The highest BCUT2D eigenvalue weighted by Gasteiger charge is 2.33. The topological polar surface area (TPSA) is 82.2 Å². The predicted octanol–water partition coefficient (Wildman–Crippen LogP) is 6.10. The van der Waals surface area contributed by atoms with E-state index in [1.807, 2.05) is 47.6 Å². The third-order valence-electron chi connectivity index (χ3n) is 5.46. The Bertz CT molecular complexity index is 1290. The molecule has 3 N–H and O–H groups in total. The molecule has 0 unspecified atom stereocenters. The molecule has 0 bridgehead atoms. The van der Waals surface area contributed by atoms with E-state index < -0.39 is 28.5 Å². The third-order valence-corrected chi connectivity index (χ3v) is 5.46. The molecule has 0 fully saturated rings. The van der Waals surface area contributed by atoms with Crippen LogP contribution in [0.3, 0.4) is 0 Å². The number of H-pyrrole nitrogens is 1. The minimum Gasteiger partial charge on any atom is -0.508 e. The zero-order valence-corrected chi connectivity index (χ0v) is 19.4. The van der Waals surface area contributed by atoms with Gasteiger partial charge in [-0.3, -0.25) is 9.59 Å². The zero-order valence-electron chi connectivity index (χ0n) is 19.4. The van der Waals surface area contributed by atoms with Crippen molar-refractivity contribution in [2.75, 3.05) is 5.32 Å². The van der Waals surface area contributed by atoms with E-state index in [1.54, 1.807) is 0 Å². The Hall–Kier alpha value is -3.29. The first-order chi connectivity index (χ1) is 15.0. The van der Waals surface area contributed by atoms with Crippen LogP contribution in [0.4, 0.5) is 18.9 Å². The maximum atomic E-state index is 13.3. The number of anilines is 1. The normalized spacial score (nSPS) is 12.8. The Kier molecular flexibility index (Phi) is 5.86. The maximum absolute atomic E-state index is 13.3. The molecule has 0 saturated heterocycles. The third kappa shape index (κ3) is 4.74. The Morgan fingerprint density at radius 1 is 0.939 bits per heavy atom. The van der Waals surface area contributed by atoms with Crippen LogP contribution in [0, 0.1) is 0 Å². The van der Waals surface area contributed by atoms with Crippen molar-refractivity contribution in [3.63, 3.8) is 0 Å². The van der Waals surface area contributed by atoms with E-state index in [9.17, 15) is 27.9 Å². The Morgan fingerprint density at radius 2 is 1.55 bits per heavy atom. The SMILES string of the molecule is CC(C)(C)c1cc(C(C)(C)C)c(NC(=O)c2c[nH]c3c(C(F)(F)F)cccc3c2=O)cc1O. The maximum Gasteiger partial charge on any atom is 0.418 e. The van der Waals surface area contributed by atoms with Gasteiger partial charge in [0.1, 0.15) is 11.3 Å². The van der Waals surface area contributed by atoms with Crippen molar-refractivity contribution < 1.29 is 23.1 Å². The second kappa shape index (κ2) is 7.93. The number of phenolic OH excluding ortho intramolecular Hbond substituents is 1. The van der Waals surface area contributed by atoms with E-state index in [2.05, 4.69) is 10.3 Å². The number of amides is 1. The van der Waals surface area contributed by atoms with Crippen LogP contribution < -0.4 is 10.7 Å². The van der Waals surface area contributed by atoms with Gasteiger partial charge in [-0.2, -0.15) is 13.2 Å². The standard InChI is InChI=1S/C25H27F3N2O3/c1-23(2,3)16-10-17(24(4,5)6)19(31)11-18(16)30-22(33)14-12-29-20-13(21(14)32)8-7-9-15(20)25(26,27)28/h7-12,31H,1-6H3,(H,29,32)(H,30,33). The monoisotopic (exact) mass is 460 g/mol. The number of benzene rings is 2. The number of fused-ring (bicyclic) bond motifs is 1. The van der Waals surface area contributed by atoms with Crippen LogP contribution in [0.2, 0.25) is 0 Å². The molecule has 3 rings (SSSR count). The predicted molar refractivity (Wildman–Crippen MR) is 123 cm³/mol. The lowest BCUT2D eigenvalue weighted by Gasteiger charge is -2.28. The van der Waals surface area contributed by atoms with Gasteiger partial charge in [-0.15, -0.1) is 0 Å². The first-order valence-electron chi connectivity index (χ1n) is 10.4. The fraction of sp³-hybridized carbons (Fsp3) is 0.360. The van der Waals surface area contributed by atoms with Gasteiger partial charge in [0.2, 0.25) is 5.43 Å². The number of aromatic amines is 1. The molecule has 33 heavy (non-hydrogen) atoms. The lowest BCUT2D eigenvalue weighted by molar-refractivity contribution is -0.136. The summed E-state index contributed by atoms with van der Waals surface area (Å²) >= 11 is 0. The summed E-state index contributed by atoms with van der Waals surface area (Å²) in [5.41, 5.74) is -1.51. The van der Waals surface area contributed by atoms with Crippen LogP contribution in [-0.2, 0) is 17.0 Å². The number of nitrogens with one attached hydrogen (secondary N) is 2. The van der Waals surface area contributed by atoms with Crippen molar-refractivity contribution >= 4 is 22.5 Å². The lowest BCUT2D eigenvalue weighted by Crippen LogP contribution is -2.25. The smallest absolute Gasteiger partial charge is 0.418 e. The molecule has 0 aliphatic heterocycles. The minimum absolute atomic E-state index is 0.00644. The largest absolute Gasteiger partial charge is 0.508 e. The van der Waals surface area contributed by atoms with Crippen molar-refractivity contribution in [3.05, 3.63) is 69.0 Å². The number of pyridine rings is 1. The van der Waals surface area contributed by atoms with Gasteiger partial charge in [0, 0.05) is 23.3 Å². The molecule has 0 atom stereocenters. The van der Waals surface area contributed by atoms with Crippen molar-refractivity contribution in [1.29, 1.82) is 0 Å². The number of aromatic hydroxyl groups is 1. The molecule has 1 amide bonds. The highest BCUT2D eigenvalue weighted by atomic mass is 19.4. The number of aromatic nitrogens is 1. The summed E-state index contributed by atoms with van der Waals surface area (Å²) in [4.78, 5) is 28.3. The van der Waals surface area contributed by atoms with Gasteiger partial charge in [0.05, 0.1) is 11.1 Å². The molecular formula is C25H27F3N2O3. The van der Waals surface area contributed by atoms with Gasteiger partial charge in [-0.1, -0.05) is 47.6 Å². The van der Waals surface area contributed by atoms with Gasteiger partial charge in [-0.25, -0.2) is 0 Å². The summed E-state index contributed by atoms with van der Waals surface area (Å²) < 4.78 is 39.8. The fourth-order valence-electron chi connectivity index (χ4n) is 3.76. The number of para-hydroxylation sites is 1. The number of hydrogen-bond donors (Lipinski definition) is 3. The van der Waals surface area contributed by atoms with Crippen LogP contribution in [0.15, 0.2) is 41.3 Å². The van der Waals surface area contributed by atoms with E-state index in [4.69, 9.17) is 0 Å². The summed E-state index contributed by atoms with van der Waals surface area (Å²) in [6.45, 7) is 11.7. The summed E-state index contributed by atoms with van der Waals surface area (Å²) in [6.07, 6.45) is -3.67. The summed E-state index contributed by atoms with van der Waals surface area (Å²) in [5, 5.41) is 13.0. The quantitative estimate of drug-likeness (QED) is 0.432. The van der Waals surface area contributed by atoms with Gasteiger partial charge < -0.3 is 15.4 Å². The highest BCUT2D eigenvalue weighted by Crippen LogP contribution is 2.39. The van der Waals surface area contributed by atoms with E-state index in [0.717, 1.165) is 23.9 Å². The molecule has 0 aliphatic rings. The molecule has 176 valence electrons. The van der Waals surface area contributed by atoms with Gasteiger partial charge in [0.15, 0.2) is 0 Å². The molecule has 3 aromatic rings. The summed E-state index contributed by atoms with van der Waals surface area (Å²) in [5.74, 6) is -0.794. The van der Waals surface area contributed by atoms with Gasteiger partial charge in [-0.05, 0) is 40.2 Å². The number of halogens is 3. The van der Waals surface area contributed by atoms with Crippen molar-refractivity contribution in [3.8, 4) is 5.75 Å². The van der Waals surface area contributed by atoms with Crippen LogP contribution in [0.25, 0.3) is 10.9 Å². The summed E-state index contributed by atoms with van der Waals surface area (Å²) in [7, 11) is 0. The van der Waals surface area contributed by atoms with E-state index in [1.165, 1.54) is 12.1 Å². The second-order valence-corrected chi connectivity index (χ2v) is 10.1. The molecule has 0 spiro atoms. The average molecular weight is 460 g/mol. The Balaban J connectivity index is 2.11. The second-order valence-electron chi connectivity index (χ2n) is 10.1. The number of hydrogen-bond acceptors (Lipinski definition) is 3.